The molecule has 2 heterocycles. The molecule has 140 valence electrons. The van der Waals surface area contributed by atoms with Crippen LogP contribution in [0.5, 0.6) is 0 Å². The van der Waals surface area contributed by atoms with E-state index in [4.69, 9.17) is 0 Å². The molecule has 6 nitrogen and oxygen atoms in total. The van der Waals surface area contributed by atoms with Crippen LogP contribution in [0, 0.1) is 5.82 Å². The quantitative estimate of drug-likeness (QED) is 0.638. The summed E-state index contributed by atoms with van der Waals surface area (Å²) in [5.74, 6) is 0.880. The van der Waals surface area contributed by atoms with E-state index in [0.29, 0.717) is 36.1 Å². The van der Waals surface area contributed by atoms with Crippen LogP contribution in [0.4, 0.5) is 16.2 Å². The van der Waals surface area contributed by atoms with Crippen LogP contribution in [0.1, 0.15) is 5.56 Å². The Morgan fingerprint density at radius 3 is 2.52 bits per heavy atom. The van der Waals surface area contributed by atoms with Crippen LogP contribution in [0.3, 0.4) is 0 Å². The lowest BCUT2D eigenvalue weighted by Crippen LogP contribution is -2.21. The minimum Gasteiger partial charge on any atom is -0.366 e. The highest BCUT2D eigenvalue weighted by molar-refractivity contribution is 5.61. The Morgan fingerprint density at radius 2 is 1.78 bits per heavy atom. The third-order valence-corrected chi connectivity index (χ3v) is 3.91. The van der Waals surface area contributed by atoms with Gasteiger partial charge in [0.1, 0.15) is 11.6 Å². The molecule has 3 rings (SSSR count). The standard InChI is InChI=1S/C20H23FN6/c1-27(2)12-11-23-20-25-18(17-9-5-6-10-22-17)13-19(26-20)24-14-15-7-3-4-8-16(15)21/h3-10,13H,11-12,14H2,1-2H3,(H2,23,24,25,26). The second kappa shape index (κ2) is 9.05. The van der Waals surface area contributed by atoms with Crippen molar-refractivity contribution in [2.45, 2.75) is 6.54 Å². The number of nitrogens with one attached hydrogen (secondary N) is 2. The van der Waals surface area contributed by atoms with Gasteiger partial charge in [-0.3, -0.25) is 4.98 Å². The Kier molecular flexibility index (Phi) is 6.27. The molecular formula is C20H23FN6. The van der Waals surface area contributed by atoms with Crippen molar-refractivity contribution in [1.82, 2.24) is 19.9 Å². The number of anilines is 2. The summed E-state index contributed by atoms with van der Waals surface area (Å²) in [6, 6.07) is 14.2. The predicted molar refractivity (Wildman–Crippen MR) is 106 cm³/mol. The van der Waals surface area contributed by atoms with Crippen LogP contribution in [-0.4, -0.2) is 47.0 Å². The summed E-state index contributed by atoms with van der Waals surface area (Å²) in [7, 11) is 4.02. The molecule has 0 radical (unpaired) electrons. The number of halogens is 1. The van der Waals surface area contributed by atoms with Gasteiger partial charge in [-0.05, 0) is 32.3 Å². The van der Waals surface area contributed by atoms with Gasteiger partial charge in [0, 0.05) is 37.5 Å². The molecule has 0 fully saturated rings. The molecule has 0 aliphatic carbocycles. The second-order valence-corrected chi connectivity index (χ2v) is 6.35. The first-order chi connectivity index (χ1) is 13.1. The average Bonchev–Trinajstić information content (AvgIpc) is 2.68. The van der Waals surface area contributed by atoms with Gasteiger partial charge in [0.05, 0.1) is 11.4 Å². The highest BCUT2D eigenvalue weighted by Gasteiger charge is 2.09. The summed E-state index contributed by atoms with van der Waals surface area (Å²) in [5.41, 5.74) is 2.04. The summed E-state index contributed by atoms with van der Waals surface area (Å²) in [6.45, 7) is 1.91. The predicted octanol–water partition coefficient (Wildman–Crippen LogP) is 3.26. The Labute approximate surface area is 158 Å². The molecule has 7 heteroatoms. The minimum atomic E-state index is -0.242. The molecule has 0 saturated heterocycles. The summed E-state index contributed by atoms with van der Waals surface area (Å²) < 4.78 is 13.9. The molecule has 27 heavy (non-hydrogen) atoms. The molecule has 0 bridgehead atoms. The van der Waals surface area contributed by atoms with Gasteiger partial charge in [0.15, 0.2) is 0 Å². The number of likely N-dealkylation sites (N-methyl/N-ethyl adjacent to an activating group) is 1. The molecule has 2 N–H and O–H groups in total. The molecule has 0 spiro atoms. The second-order valence-electron chi connectivity index (χ2n) is 6.35. The van der Waals surface area contributed by atoms with Crippen LogP contribution in [0.15, 0.2) is 54.7 Å². The maximum Gasteiger partial charge on any atom is 0.225 e. The third kappa shape index (κ3) is 5.46. The zero-order valence-electron chi connectivity index (χ0n) is 15.5. The topological polar surface area (TPSA) is 66.0 Å². The van der Waals surface area contributed by atoms with Crippen molar-refractivity contribution in [3.8, 4) is 11.4 Å². The monoisotopic (exact) mass is 366 g/mol. The molecular weight excluding hydrogens is 343 g/mol. The largest absolute Gasteiger partial charge is 0.366 e. The van der Waals surface area contributed by atoms with Crippen LogP contribution in [0.2, 0.25) is 0 Å². The molecule has 3 aromatic rings. The van der Waals surface area contributed by atoms with E-state index >= 15 is 0 Å². The first kappa shape index (κ1) is 18.7. The van der Waals surface area contributed by atoms with Crippen molar-refractivity contribution < 1.29 is 4.39 Å². The SMILES string of the molecule is CN(C)CCNc1nc(NCc2ccccc2F)cc(-c2ccccn2)n1. The summed E-state index contributed by atoms with van der Waals surface area (Å²) in [6.07, 6.45) is 1.73. The zero-order valence-corrected chi connectivity index (χ0v) is 15.5. The van der Waals surface area contributed by atoms with E-state index in [9.17, 15) is 4.39 Å². The number of aromatic nitrogens is 3. The minimum absolute atomic E-state index is 0.242. The fraction of sp³-hybridized carbons (Fsp3) is 0.250. The lowest BCUT2D eigenvalue weighted by molar-refractivity contribution is 0.425. The molecule has 0 aliphatic rings. The molecule has 1 aromatic carbocycles. The number of pyridine rings is 1. The fourth-order valence-electron chi connectivity index (χ4n) is 2.48. The van der Waals surface area contributed by atoms with Crippen molar-refractivity contribution in [3.05, 3.63) is 66.1 Å². The Bertz CT molecular complexity index is 869. The van der Waals surface area contributed by atoms with Gasteiger partial charge in [-0.25, -0.2) is 9.37 Å². The van der Waals surface area contributed by atoms with Crippen LogP contribution in [-0.2, 0) is 6.54 Å². The van der Waals surface area contributed by atoms with Gasteiger partial charge >= 0.3 is 0 Å². The van der Waals surface area contributed by atoms with E-state index in [1.165, 1.54) is 6.07 Å². The first-order valence-corrected chi connectivity index (χ1v) is 8.78. The summed E-state index contributed by atoms with van der Waals surface area (Å²) in [4.78, 5) is 15.5. The molecule has 2 aromatic heterocycles. The van der Waals surface area contributed by atoms with Crippen molar-refractivity contribution in [2.24, 2.45) is 0 Å². The third-order valence-electron chi connectivity index (χ3n) is 3.91. The highest BCUT2D eigenvalue weighted by Crippen LogP contribution is 2.20. The van der Waals surface area contributed by atoms with E-state index in [2.05, 4.69) is 30.5 Å². The van der Waals surface area contributed by atoms with Crippen molar-refractivity contribution in [2.75, 3.05) is 37.8 Å². The van der Waals surface area contributed by atoms with Crippen LogP contribution < -0.4 is 10.6 Å². The summed E-state index contributed by atoms with van der Waals surface area (Å²) >= 11 is 0. The van der Waals surface area contributed by atoms with E-state index in [1.807, 2.05) is 44.4 Å². The number of benzene rings is 1. The van der Waals surface area contributed by atoms with E-state index in [1.54, 1.807) is 18.3 Å². The lowest BCUT2D eigenvalue weighted by atomic mass is 10.2. The zero-order chi connectivity index (χ0) is 19.1. The molecule has 0 saturated carbocycles. The van der Waals surface area contributed by atoms with Crippen LogP contribution >= 0.6 is 0 Å². The Morgan fingerprint density at radius 1 is 0.963 bits per heavy atom. The maximum atomic E-state index is 13.9. The van der Waals surface area contributed by atoms with E-state index in [-0.39, 0.29) is 5.82 Å². The fourth-order valence-corrected chi connectivity index (χ4v) is 2.48. The smallest absolute Gasteiger partial charge is 0.225 e. The lowest BCUT2D eigenvalue weighted by Gasteiger charge is -2.13. The first-order valence-electron chi connectivity index (χ1n) is 8.78. The van der Waals surface area contributed by atoms with Gasteiger partial charge < -0.3 is 15.5 Å². The molecule has 0 amide bonds. The molecule has 0 unspecified atom stereocenters. The van der Waals surface area contributed by atoms with E-state index in [0.717, 1.165) is 12.2 Å². The normalized spacial score (nSPS) is 10.8. The molecule has 0 aliphatic heterocycles. The van der Waals surface area contributed by atoms with Crippen molar-refractivity contribution in [3.63, 3.8) is 0 Å². The van der Waals surface area contributed by atoms with Crippen molar-refractivity contribution >= 4 is 11.8 Å². The molecule has 0 atom stereocenters. The highest BCUT2D eigenvalue weighted by atomic mass is 19.1. The number of rotatable bonds is 8. The van der Waals surface area contributed by atoms with E-state index < -0.39 is 0 Å². The van der Waals surface area contributed by atoms with Gasteiger partial charge in [0.2, 0.25) is 5.95 Å². The maximum absolute atomic E-state index is 13.9. The van der Waals surface area contributed by atoms with Gasteiger partial charge in [-0.2, -0.15) is 4.98 Å². The number of nitrogens with zero attached hydrogens (tertiary/aromatic N) is 4. The Hall–Kier alpha value is -3.06. The average molecular weight is 366 g/mol. The number of hydrogen-bond acceptors (Lipinski definition) is 6. The summed E-state index contributed by atoms with van der Waals surface area (Å²) in [5, 5.41) is 6.41. The Balaban J connectivity index is 1.81. The van der Waals surface area contributed by atoms with Gasteiger partial charge in [0.25, 0.3) is 0 Å². The van der Waals surface area contributed by atoms with Crippen LogP contribution in [0.25, 0.3) is 11.4 Å². The van der Waals surface area contributed by atoms with Crippen molar-refractivity contribution in [1.29, 1.82) is 0 Å². The van der Waals surface area contributed by atoms with Gasteiger partial charge in [-0.15, -0.1) is 0 Å². The van der Waals surface area contributed by atoms with Gasteiger partial charge in [-0.1, -0.05) is 24.3 Å². The number of hydrogen-bond donors (Lipinski definition) is 2.